The van der Waals surface area contributed by atoms with Gasteiger partial charge >= 0.3 is 5.97 Å². The molecule has 0 N–H and O–H groups in total. The molecule has 3 aromatic carbocycles. The van der Waals surface area contributed by atoms with Gasteiger partial charge in [-0.15, -0.1) is 6.58 Å². The van der Waals surface area contributed by atoms with Crippen LogP contribution in [-0.4, -0.2) is 19.2 Å². The van der Waals surface area contributed by atoms with Crippen molar-refractivity contribution in [2.75, 3.05) is 13.2 Å². The highest BCUT2D eigenvalue weighted by Crippen LogP contribution is 2.40. The molecule has 29 heavy (non-hydrogen) atoms. The highest BCUT2D eigenvalue weighted by molar-refractivity contribution is 5.89. The highest BCUT2D eigenvalue weighted by Gasteiger charge is 2.40. The van der Waals surface area contributed by atoms with Gasteiger partial charge in [0.05, 0.1) is 18.8 Å². The number of esters is 1. The van der Waals surface area contributed by atoms with E-state index in [-0.39, 0.29) is 12.2 Å². The minimum atomic E-state index is -1.11. The summed E-state index contributed by atoms with van der Waals surface area (Å²) in [6.45, 7) is 7.89. The summed E-state index contributed by atoms with van der Waals surface area (Å²) in [4.78, 5) is 13.0. The van der Waals surface area contributed by atoms with Crippen molar-refractivity contribution in [2.45, 2.75) is 5.60 Å². The van der Waals surface area contributed by atoms with Crippen molar-refractivity contribution >= 4 is 5.97 Å². The summed E-state index contributed by atoms with van der Waals surface area (Å²) in [5.41, 5.74) is 1.70. The predicted octanol–water partition coefficient (Wildman–Crippen LogP) is 5.28. The zero-order valence-corrected chi connectivity index (χ0v) is 16.3. The summed E-state index contributed by atoms with van der Waals surface area (Å²) >= 11 is 0. The lowest BCUT2D eigenvalue weighted by atomic mass is 9.80. The zero-order chi connectivity index (χ0) is 20.5. The van der Waals surface area contributed by atoms with Gasteiger partial charge in [-0.2, -0.15) is 0 Å². The highest BCUT2D eigenvalue weighted by atomic mass is 16.6. The second kappa shape index (κ2) is 9.67. The van der Waals surface area contributed by atoms with Gasteiger partial charge in [0, 0.05) is 16.7 Å². The average molecular weight is 384 g/mol. The van der Waals surface area contributed by atoms with Crippen molar-refractivity contribution in [3.05, 3.63) is 132 Å². The maximum Gasteiger partial charge on any atom is 0.337 e. The predicted molar refractivity (Wildman–Crippen MR) is 115 cm³/mol. The van der Waals surface area contributed by atoms with E-state index in [2.05, 4.69) is 13.2 Å². The molecule has 3 rings (SSSR count). The molecule has 3 nitrogen and oxygen atoms in total. The van der Waals surface area contributed by atoms with Crippen LogP contribution in [0.25, 0.3) is 0 Å². The maximum absolute atomic E-state index is 13.0. The fourth-order valence-electron chi connectivity index (χ4n) is 3.23. The number of hydrogen-bond donors (Lipinski definition) is 0. The Hall–Kier alpha value is -3.43. The molecule has 0 aromatic heterocycles. The Kier molecular flexibility index (Phi) is 6.77. The van der Waals surface area contributed by atoms with Gasteiger partial charge in [-0.1, -0.05) is 104 Å². The molecule has 0 aliphatic rings. The molecule has 0 aliphatic heterocycles. The number of hydrogen-bond acceptors (Lipinski definition) is 3. The van der Waals surface area contributed by atoms with Crippen LogP contribution in [0.3, 0.4) is 0 Å². The fraction of sp³-hybridized carbons (Fsp3) is 0.115. The fourth-order valence-corrected chi connectivity index (χ4v) is 3.23. The van der Waals surface area contributed by atoms with Crippen LogP contribution in [0.4, 0.5) is 0 Å². The Morgan fingerprint density at radius 1 is 0.793 bits per heavy atom. The first-order valence-corrected chi connectivity index (χ1v) is 9.45. The van der Waals surface area contributed by atoms with Crippen LogP contribution in [0.1, 0.15) is 16.7 Å². The maximum atomic E-state index is 13.0. The first-order chi connectivity index (χ1) is 14.2. The van der Waals surface area contributed by atoms with E-state index >= 15 is 0 Å². The van der Waals surface area contributed by atoms with Gasteiger partial charge in [-0.3, -0.25) is 0 Å². The summed E-state index contributed by atoms with van der Waals surface area (Å²) in [6, 6.07) is 29.2. The van der Waals surface area contributed by atoms with Gasteiger partial charge < -0.3 is 9.47 Å². The van der Waals surface area contributed by atoms with Crippen LogP contribution in [0.5, 0.6) is 0 Å². The Bertz CT molecular complexity index is 850. The molecule has 0 saturated carbocycles. The molecule has 3 heteroatoms. The summed E-state index contributed by atoms with van der Waals surface area (Å²) in [5.74, 6) is -0.509. The third-order valence-corrected chi connectivity index (χ3v) is 4.59. The third-order valence-electron chi connectivity index (χ3n) is 4.59. The molecular weight excluding hydrogens is 360 g/mol. The minimum absolute atomic E-state index is 0.0826. The lowest BCUT2D eigenvalue weighted by Gasteiger charge is -2.35. The first kappa shape index (κ1) is 20.3. The van der Waals surface area contributed by atoms with Crippen molar-refractivity contribution in [1.82, 2.24) is 0 Å². The van der Waals surface area contributed by atoms with E-state index < -0.39 is 11.6 Å². The summed E-state index contributed by atoms with van der Waals surface area (Å²) in [7, 11) is 0. The standard InChI is InChI=1S/C26H24O3/c1-3-19-28-20-21(2)25(27)29-26(22-13-7-4-8-14-22,23-15-9-5-10-16-23)24-17-11-6-12-18-24/h3-18H,1-2,19-20H2. The molecule has 0 amide bonds. The van der Waals surface area contributed by atoms with Gasteiger partial charge in [-0.05, 0) is 0 Å². The van der Waals surface area contributed by atoms with E-state index in [9.17, 15) is 4.79 Å². The van der Waals surface area contributed by atoms with Gasteiger partial charge in [-0.25, -0.2) is 4.79 Å². The lowest BCUT2D eigenvalue weighted by molar-refractivity contribution is -0.149. The number of benzene rings is 3. The Morgan fingerprint density at radius 3 is 1.59 bits per heavy atom. The van der Waals surface area contributed by atoms with E-state index in [4.69, 9.17) is 9.47 Å². The van der Waals surface area contributed by atoms with E-state index in [1.807, 2.05) is 91.0 Å². The number of carbonyl (C=O) groups is 1. The van der Waals surface area contributed by atoms with Crippen molar-refractivity contribution in [3.8, 4) is 0 Å². The topological polar surface area (TPSA) is 35.5 Å². The van der Waals surface area contributed by atoms with Crippen molar-refractivity contribution in [2.24, 2.45) is 0 Å². The molecule has 0 unspecified atom stereocenters. The van der Waals surface area contributed by atoms with Crippen molar-refractivity contribution < 1.29 is 14.3 Å². The SMILES string of the molecule is C=CCOCC(=C)C(=O)OC(c1ccccc1)(c1ccccc1)c1ccccc1. The minimum Gasteiger partial charge on any atom is -0.441 e. The third kappa shape index (κ3) is 4.53. The van der Waals surface area contributed by atoms with Crippen LogP contribution >= 0.6 is 0 Å². The van der Waals surface area contributed by atoms with Crippen LogP contribution < -0.4 is 0 Å². The Morgan fingerprint density at radius 2 is 1.21 bits per heavy atom. The van der Waals surface area contributed by atoms with E-state index in [1.165, 1.54) is 0 Å². The van der Waals surface area contributed by atoms with Gasteiger partial charge in [0.15, 0.2) is 5.60 Å². The number of carbonyl (C=O) groups excluding carboxylic acids is 1. The Balaban J connectivity index is 2.11. The van der Waals surface area contributed by atoms with Crippen LogP contribution in [0.15, 0.2) is 116 Å². The largest absolute Gasteiger partial charge is 0.441 e. The first-order valence-electron chi connectivity index (χ1n) is 9.45. The molecule has 0 saturated heterocycles. The average Bonchev–Trinajstić information content (AvgIpc) is 2.79. The van der Waals surface area contributed by atoms with Crippen molar-refractivity contribution in [1.29, 1.82) is 0 Å². The molecule has 146 valence electrons. The molecule has 0 heterocycles. The normalized spacial score (nSPS) is 10.9. The summed E-state index contributed by atoms with van der Waals surface area (Å²) in [6.07, 6.45) is 1.63. The number of ether oxygens (including phenoxy) is 2. The molecule has 0 bridgehead atoms. The second-order valence-corrected chi connectivity index (χ2v) is 6.58. The van der Waals surface area contributed by atoms with E-state index in [1.54, 1.807) is 6.08 Å². The van der Waals surface area contributed by atoms with Crippen molar-refractivity contribution in [3.63, 3.8) is 0 Å². The molecule has 0 aliphatic carbocycles. The van der Waals surface area contributed by atoms with E-state index in [0.717, 1.165) is 16.7 Å². The smallest absolute Gasteiger partial charge is 0.337 e. The van der Waals surface area contributed by atoms with Crippen LogP contribution in [-0.2, 0) is 19.9 Å². The Labute approximate surface area is 171 Å². The summed E-state index contributed by atoms with van der Waals surface area (Å²) in [5, 5.41) is 0. The molecule has 0 fully saturated rings. The lowest BCUT2D eigenvalue weighted by Crippen LogP contribution is -2.36. The number of rotatable bonds is 9. The van der Waals surface area contributed by atoms with Crippen LogP contribution in [0, 0.1) is 0 Å². The zero-order valence-electron chi connectivity index (χ0n) is 16.3. The van der Waals surface area contributed by atoms with Crippen LogP contribution in [0.2, 0.25) is 0 Å². The monoisotopic (exact) mass is 384 g/mol. The van der Waals surface area contributed by atoms with E-state index in [0.29, 0.717) is 6.61 Å². The second-order valence-electron chi connectivity index (χ2n) is 6.58. The molecule has 3 aromatic rings. The molecule has 0 atom stereocenters. The molecule has 0 spiro atoms. The molecular formula is C26H24O3. The van der Waals surface area contributed by atoms with Gasteiger partial charge in [0.25, 0.3) is 0 Å². The van der Waals surface area contributed by atoms with Gasteiger partial charge in [0.1, 0.15) is 0 Å². The van der Waals surface area contributed by atoms with Gasteiger partial charge in [0.2, 0.25) is 0 Å². The summed E-state index contributed by atoms with van der Waals surface area (Å²) < 4.78 is 11.6. The quantitative estimate of drug-likeness (QED) is 0.166. The molecule has 0 radical (unpaired) electrons.